The summed E-state index contributed by atoms with van der Waals surface area (Å²) in [5, 5.41) is 4.94. The molecule has 0 fully saturated rings. The van der Waals surface area contributed by atoms with E-state index in [1.54, 1.807) is 45.0 Å². The van der Waals surface area contributed by atoms with Crippen LogP contribution in [0.15, 0.2) is 64.5 Å². The Hall–Kier alpha value is -4.13. The predicted octanol–water partition coefficient (Wildman–Crippen LogP) is 2.12. The number of alkyl carbamates (subject to hydrolysis) is 1. The van der Waals surface area contributed by atoms with Crippen molar-refractivity contribution >= 4 is 34.0 Å². The van der Waals surface area contributed by atoms with Crippen molar-refractivity contribution in [1.29, 1.82) is 0 Å². The Kier molecular flexibility index (Phi) is 11.9. The molecule has 0 aliphatic carbocycles. The number of aliphatic imine (C=N–C) groups is 1. The lowest BCUT2D eigenvalue weighted by Crippen LogP contribution is -2.49. The number of nitrogens with zero attached hydrogens (tertiary/aromatic N) is 1. The lowest BCUT2D eigenvalue weighted by Gasteiger charge is -2.23. The van der Waals surface area contributed by atoms with Gasteiger partial charge in [-0.3, -0.25) is 14.6 Å². The Balaban J connectivity index is 1.92. The summed E-state index contributed by atoms with van der Waals surface area (Å²) in [5.41, 5.74) is 6.66. The molecule has 13 heteroatoms. The third-order valence-corrected chi connectivity index (χ3v) is 6.53. The van der Waals surface area contributed by atoms with Gasteiger partial charge < -0.3 is 25.8 Å². The minimum absolute atomic E-state index is 0.0387. The van der Waals surface area contributed by atoms with E-state index < -0.39 is 46.2 Å². The van der Waals surface area contributed by atoms with Gasteiger partial charge in [-0.2, -0.15) is 0 Å². The van der Waals surface area contributed by atoms with Gasteiger partial charge in [-0.15, -0.1) is 0 Å². The molecule has 0 spiro atoms. The molecule has 2 aromatic carbocycles. The highest BCUT2D eigenvalue weighted by molar-refractivity contribution is 7.90. The number of hydrogen-bond donors (Lipinski definition) is 4. The van der Waals surface area contributed by atoms with E-state index in [-0.39, 0.29) is 36.8 Å². The maximum atomic E-state index is 12.8. The summed E-state index contributed by atoms with van der Waals surface area (Å²) in [5.74, 6) is -1.59. The second-order valence-corrected chi connectivity index (χ2v) is 11.6. The van der Waals surface area contributed by atoms with Gasteiger partial charge in [0.15, 0.2) is 0 Å². The van der Waals surface area contributed by atoms with Crippen LogP contribution in [0.2, 0.25) is 0 Å². The molecule has 218 valence electrons. The summed E-state index contributed by atoms with van der Waals surface area (Å²) < 4.78 is 37.5. The Morgan fingerprint density at radius 3 is 2.30 bits per heavy atom. The van der Waals surface area contributed by atoms with Crippen molar-refractivity contribution in [3.8, 4) is 0 Å². The van der Waals surface area contributed by atoms with Crippen LogP contribution in [0.4, 0.5) is 4.79 Å². The first-order valence-corrected chi connectivity index (χ1v) is 14.1. The molecule has 0 unspecified atom stereocenters. The largest absolute Gasteiger partial charge is 0.460 e. The molecule has 2 rings (SSSR count). The molecule has 0 aliphatic rings. The van der Waals surface area contributed by atoms with Gasteiger partial charge in [0.05, 0.1) is 4.90 Å². The lowest BCUT2D eigenvalue weighted by atomic mass is 10.1. The number of ether oxygens (including phenoxy) is 2. The molecular formula is C27H37N5O7S. The van der Waals surface area contributed by atoms with Crippen molar-refractivity contribution in [2.24, 2.45) is 10.7 Å². The van der Waals surface area contributed by atoms with Crippen molar-refractivity contribution in [1.82, 2.24) is 15.4 Å². The number of nitrogens with one attached hydrogen (secondary N) is 3. The van der Waals surface area contributed by atoms with Gasteiger partial charge in [-0.25, -0.2) is 17.9 Å². The van der Waals surface area contributed by atoms with E-state index in [9.17, 15) is 22.8 Å². The van der Waals surface area contributed by atoms with Gasteiger partial charge in [0.25, 0.3) is 10.0 Å². The zero-order chi connectivity index (χ0) is 29.8. The molecule has 2 amide bonds. The van der Waals surface area contributed by atoms with Crippen LogP contribution in [0.25, 0.3) is 0 Å². The second-order valence-electron chi connectivity index (χ2n) is 9.89. The number of hydrogen-bond acceptors (Lipinski definition) is 8. The average Bonchev–Trinajstić information content (AvgIpc) is 2.87. The average molecular weight is 576 g/mol. The number of amides is 2. The Morgan fingerprint density at radius 2 is 1.68 bits per heavy atom. The number of rotatable bonds is 12. The molecule has 0 saturated carbocycles. The minimum Gasteiger partial charge on any atom is -0.460 e. The van der Waals surface area contributed by atoms with E-state index in [1.807, 2.05) is 25.1 Å². The summed E-state index contributed by atoms with van der Waals surface area (Å²) in [4.78, 5) is 41.2. The van der Waals surface area contributed by atoms with Crippen LogP contribution in [0.1, 0.15) is 44.7 Å². The highest BCUT2D eigenvalue weighted by atomic mass is 32.2. The smallest absolute Gasteiger partial charge is 0.408 e. The van der Waals surface area contributed by atoms with Crippen LogP contribution in [-0.2, 0) is 35.7 Å². The summed E-state index contributed by atoms with van der Waals surface area (Å²) >= 11 is 0. The van der Waals surface area contributed by atoms with Crippen molar-refractivity contribution < 1.29 is 32.3 Å². The number of nitrogens with two attached hydrogens (primary N) is 1. The monoisotopic (exact) mass is 575 g/mol. The van der Waals surface area contributed by atoms with E-state index in [0.29, 0.717) is 0 Å². The molecule has 12 nitrogen and oxygen atoms in total. The highest BCUT2D eigenvalue weighted by Gasteiger charge is 2.24. The number of esters is 1. The van der Waals surface area contributed by atoms with Crippen LogP contribution >= 0.6 is 0 Å². The van der Waals surface area contributed by atoms with Gasteiger partial charge in [0.1, 0.15) is 24.8 Å². The molecule has 0 radical (unpaired) electrons. The van der Waals surface area contributed by atoms with Gasteiger partial charge in [0.2, 0.25) is 11.9 Å². The number of sulfonamides is 1. The van der Waals surface area contributed by atoms with Gasteiger partial charge in [-0.1, -0.05) is 48.0 Å². The van der Waals surface area contributed by atoms with Crippen LogP contribution in [0, 0.1) is 6.92 Å². The molecule has 0 aliphatic heterocycles. The fraction of sp³-hybridized carbons (Fsp3) is 0.407. The van der Waals surface area contributed by atoms with Crippen LogP contribution < -0.4 is 21.1 Å². The summed E-state index contributed by atoms with van der Waals surface area (Å²) in [7, 11) is -3.90. The molecule has 5 N–H and O–H groups in total. The number of carbonyl (C=O) groups excluding carboxylic acids is 3. The summed E-state index contributed by atoms with van der Waals surface area (Å²) in [6, 6.07) is 14.2. The molecular weight excluding hydrogens is 538 g/mol. The zero-order valence-electron chi connectivity index (χ0n) is 23.1. The van der Waals surface area contributed by atoms with Crippen molar-refractivity contribution in [2.45, 2.75) is 63.7 Å². The summed E-state index contributed by atoms with van der Waals surface area (Å²) in [6.07, 6.45) is -0.460. The molecule has 2 aromatic rings. The van der Waals surface area contributed by atoms with Crippen LogP contribution in [0.5, 0.6) is 0 Å². The number of aryl methyl sites for hydroxylation is 1. The number of carbonyl (C=O) groups is 3. The first-order valence-electron chi connectivity index (χ1n) is 12.6. The van der Waals surface area contributed by atoms with Crippen molar-refractivity contribution in [2.75, 3.05) is 13.1 Å². The van der Waals surface area contributed by atoms with Crippen molar-refractivity contribution in [3.05, 3.63) is 65.7 Å². The fourth-order valence-corrected chi connectivity index (χ4v) is 4.18. The Labute approximate surface area is 234 Å². The maximum absolute atomic E-state index is 12.8. The SMILES string of the molecule is Cc1ccc(S(=O)(=O)NC(N)=NCCC[C@@H](NC(=O)OC(C)(C)C)C(=O)NCC(=O)OCc2ccccc2)cc1. The van der Waals surface area contributed by atoms with Crippen LogP contribution in [-0.4, -0.2) is 57.1 Å². The fourth-order valence-electron chi connectivity index (χ4n) is 3.23. The van der Waals surface area contributed by atoms with E-state index in [0.717, 1.165) is 11.1 Å². The standard InChI is InChI=1S/C27H37N5O7S/c1-19-12-14-21(15-13-19)40(36,37)32-25(28)29-16-8-11-22(31-26(35)39-27(2,3)4)24(34)30-17-23(33)38-18-20-9-6-5-7-10-20/h5-7,9-10,12-15,22H,8,11,16-18H2,1-4H3,(H,30,34)(H,31,35)(H3,28,29,32)/t22-/m1/s1. The lowest BCUT2D eigenvalue weighted by molar-refractivity contribution is -0.145. The predicted molar refractivity (Wildman–Crippen MR) is 150 cm³/mol. The zero-order valence-corrected chi connectivity index (χ0v) is 23.9. The molecule has 0 bridgehead atoms. The Bertz CT molecular complexity index is 1270. The highest BCUT2D eigenvalue weighted by Crippen LogP contribution is 2.10. The van der Waals surface area contributed by atoms with Gasteiger partial charge in [0, 0.05) is 6.54 Å². The maximum Gasteiger partial charge on any atom is 0.408 e. The molecule has 0 heterocycles. The second kappa shape index (κ2) is 14.9. The van der Waals surface area contributed by atoms with Gasteiger partial charge in [-0.05, 0) is 58.2 Å². The van der Waals surface area contributed by atoms with Gasteiger partial charge >= 0.3 is 12.1 Å². The van der Waals surface area contributed by atoms with E-state index in [4.69, 9.17) is 15.2 Å². The first kappa shape index (κ1) is 32.1. The topological polar surface area (TPSA) is 178 Å². The molecule has 0 aromatic heterocycles. The van der Waals surface area contributed by atoms with E-state index >= 15 is 0 Å². The van der Waals surface area contributed by atoms with E-state index in [2.05, 4.69) is 20.3 Å². The third-order valence-electron chi connectivity index (χ3n) is 5.16. The normalized spacial score (nSPS) is 12.7. The minimum atomic E-state index is -3.90. The van der Waals surface area contributed by atoms with Crippen LogP contribution in [0.3, 0.4) is 0 Å². The first-order chi connectivity index (χ1) is 18.7. The molecule has 1 atom stereocenters. The summed E-state index contributed by atoms with van der Waals surface area (Å²) in [6.45, 7) is 6.59. The third kappa shape index (κ3) is 12.2. The Morgan fingerprint density at radius 1 is 1.02 bits per heavy atom. The quantitative estimate of drug-likeness (QED) is 0.129. The number of guanidine groups is 1. The van der Waals surface area contributed by atoms with E-state index in [1.165, 1.54) is 12.1 Å². The number of benzene rings is 2. The molecule has 0 saturated heterocycles. The van der Waals surface area contributed by atoms with Crippen molar-refractivity contribution in [3.63, 3.8) is 0 Å². The molecule has 40 heavy (non-hydrogen) atoms.